The van der Waals surface area contributed by atoms with Gasteiger partial charge in [-0.1, -0.05) is 12.1 Å². The molecule has 0 unspecified atom stereocenters. The predicted molar refractivity (Wildman–Crippen MR) is 91.8 cm³/mol. The molecule has 4 nitrogen and oxygen atoms in total. The minimum atomic E-state index is 0.691. The van der Waals surface area contributed by atoms with E-state index in [0.717, 1.165) is 18.8 Å². The number of anilines is 2. The molecule has 116 valence electrons. The molecule has 0 radical (unpaired) electrons. The van der Waals surface area contributed by atoms with Crippen molar-refractivity contribution in [3.8, 4) is 11.3 Å². The van der Waals surface area contributed by atoms with Gasteiger partial charge >= 0.3 is 0 Å². The van der Waals surface area contributed by atoms with E-state index in [9.17, 15) is 0 Å². The van der Waals surface area contributed by atoms with E-state index in [4.69, 9.17) is 0 Å². The number of benzene rings is 1. The van der Waals surface area contributed by atoms with Gasteiger partial charge in [0.05, 0.1) is 11.4 Å². The molecule has 1 N–H and O–H groups in total. The van der Waals surface area contributed by atoms with E-state index in [1.165, 1.54) is 48.6 Å². The maximum absolute atomic E-state index is 4.64. The van der Waals surface area contributed by atoms with Crippen LogP contribution in [0, 0.1) is 0 Å². The molecule has 5 rings (SSSR count). The quantitative estimate of drug-likeness (QED) is 0.936. The molecule has 22 heavy (non-hydrogen) atoms. The molecule has 2 bridgehead atoms. The number of nitrogens with one attached hydrogen (secondary N) is 1. The standard InChI is InChI=1S/C18H24N4/c1-3-21(4-2)15-7-5-13(6-8-15)16-18-17(20-19-16)14-9-11-22(18)12-10-14/h5-8,14H,3-4,9-12H2,1-2H3,(H,19,20). The number of hydrogen-bond donors (Lipinski definition) is 1. The highest BCUT2D eigenvalue weighted by Crippen LogP contribution is 2.45. The topological polar surface area (TPSA) is 35.2 Å². The van der Waals surface area contributed by atoms with E-state index >= 15 is 0 Å². The van der Waals surface area contributed by atoms with Crippen LogP contribution in [-0.4, -0.2) is 36.4 Å². The molecule has 0 saturated carbocycles. The number of H-pyrrole nitrogens is 1. The van der Waals surface area contributed by atoms with Crippen molar-refractivity contribution in [1.82, 2.24) is 10.2 Å². The summed E-state index contributed by atoms with van der Waals surface area (Å²) in [4.78, 5) is 4.88. The van der Waals surface area contributed by atoms with Crippen LogP contribution in [0.5, 0.6) is 0 Å². The molecule has 4 heteroatoms. The number of fused-ring (bicyclic) bond motifs is 2. The van der Waals surface area contributed by atoms with Crippen molar-refractivity contribution in [2.45, 2.75) is 32.6 Å². The molecule has 0 amide bonds. The maximum atomic E-state index is 4.64. The Hall–Kier alpha value is -1.97. The minimum Gasteiger partial charge on any atom is -0.372 e. The Labute approximate surface area is 132 Å². The van der Waals surface area contributed by atoms with E-state index in [-0.39, 0.29) is 0 Å². The summed E-state index contributed by atoms with van der Waals surface area (Å²) in [5.74, 6) is 0.691. The number of aromatic amines is 1. The number of hydrogen-bond acceptors (Lipinski definition) is 3. The fraction of sp³-hybridized carbons (Fsp3) is 0.500. The average molecular weight is 296 g/mol. The van der Waals surface area contributed by atoms with Gasteiger partial charge in [-0.2, -0.15) is 5.10 Å². The summed E-state index contributed by atoms with van der Waals surface area (Å²) in [6, 6.07) is 8.88. The second-order valence-electron chi connectivity index (χ2n) is 6.31. The molecule has 1 aromatic heterocycles. The lowest BCUT2D eigenvalue weighted by molar-refractivity contribution is 0.466. The summed E-state index contributed by atoms with van der Waals surface area (Å²) in [5.41, 5.74) is 6.37. The Morgan fingerprint density at radius 3 is 2.45 bits per heavy atom. The molecule has 0 spiro atoms. The third kappa shape index (κ3) is 2.01. The smallest absolute Gasteiger partial charge is 0.116 e. The highest BCUT2D eigenvalue weighted by Gasteiger charge is 2.35. The first-order valence-corrected chi connectivity index (χ1v) is 8.50. The van der Waals surface area contributed by atoms with Crippen molar-refractivity contribution < 1.29 is 0 Å². The summed E-state index contributed by atoms with van der Waals surface area (Å²) < 4.78 is 0. The second-order valence-corrected chi connectivity index (χ2v) is 6.31. The minimum absolute atomic E-state index is 0.691. The molecule has 3 aliphatic rings. The number of piperidine rings is 1. The van der Waals surface area contributed by atoms with Crippen LogP contribution in [0.3, 0.4) is 0 Å². The maximum Gasteiger partial charge on any atom is 0.116 e. The van der Waals surface area contributed by atoms with Crippen molar-refractivity contribution in [3.05, 3.63) is 30.0 Å². The molecule has 3 aliphatic heterocycles. The van der Waals surface area contributed by atoms with Gasteiger partial charge in [0, 0.05) is 43.3 Å². The van der Waals surface area contributed by atoms with Crippen LogP contribution >= 0.6 is 0 Å². The Kier molecular flexibility index (Phi) is 3.32. The zero-order valence-corrected chi connectivity index (χ0v) is 13.5. The van der Waals surface area contributed by atoms with Gasteiger partial charge in [0.2, 0.25) is 0 Å². The van der Waals surface area contributed by atoms with E-state index in [0.29, 0.717) is 5.92 Å². The van der Waals surface area contributed by atoms with Gasteiger partial charge in [-0.15, -0.1) is 0 Å². The lowest BCUT2D eigenvalue weighted by Crippen LogP contribution is -2.38. The van der Waals surface area contributed by atoms with Crippen LogP contribution in [0.4, 0.5) is 11.4 Å². The summed E-state index contributed by atoms with van der Waals surface area (Å²) in [6.07, 6.45) is 2.55. The Morgan fingerprint density at radius 1 is 1.14 bits per heavy atom. The summed E-state index contributed by atoms with van der Waals surface area (Å²) >= 11 is 0. The average Bonchev–Trinajstić information content (AvgIpc) is 3.05. The van der Waals surface area contributed by atoms with E-state index in [2.05, 4.69) is 58.1 Å². The van der Waals surface area contributed by atoms with Crippen LogP contribution in [-0.2, 0) is 0 Å². The van der Waals surface area contributed by atoms with Crippen molar-refractivity contribution >= 4 is 11.4 Å². The van der Waals surface area contributed by atoms with Crippen molar-refractivity contribution in [3.63, 3.8) is 0 Å². The molecule has 4 heterocycles. The normalized spacial score (nSPS) is 16.9. The molecule has 1 fully saturated rings. The second kappa shape index (κ2) is 5.34. The lowest BCUT2D eigenvalue weighted by Gasteiger charge is -2.40. The van der Waals surface area contributed by atoms with Crippen molar-refractivity contribution in [1.29, 1.82) is 0 Å². The van der Waals surface area contributed by atoms with Crippen molar-refractivity contribution in [2.75, 3.05) is 36.0 Å². The molecular weight excluding hydrogens is 272 g/mol. The molecule has 0 atom stereocenters. The largest absolute Gasteiger partial charge is 0.372 e. The van der Waals surface area contributed by atoms with Gasteiger partial charge in [0.1, 0.15) is 5.69 Å². The van der Waals surface area contributed by atoms with Crippen LogP contribution in [0.15, 0.2) is 24.3 Å². The molecule has 2 aromatic rings. The molecule has 1 aromatic carbocycles. The van der Waals surface area contributed by atoms with Gasteiger partial charge in [0.25, 0.3) is 0 Å². The number of nitrogens with zero attached hydrogens (tertiary/aromatic N) is 3. The van der Waals surface area contributed by atoms with Gasteiger partial charge in [-0.3, -0.25) is 5.10 Å². The summed E-state index contributed by atoms with van der Waals surface area (Å²) in [7, 11) is 0. The third-order valence-electron chi connectivity index (χ3n) is 5.26. The zero-order valence-electron chi connectivity index (χ0n) is 13.5. The van der Waals surface area contributed by atoms with Crippen LogP contribution in [0.2, 0.25) is 0 Å². The SMILES string of the molecule is CCN(CC)c1ccc(-c2n[nH]c3c2N2CCC3CC2)cc1. The Balaban J connectivity index is 1.69. The zero-order chi connectivity index (χ0) is 15.1. The highest BCUT2D eigenvalue weighted by atomic mass is 15.2. The predicted octanol–water partition coefficient (Wildman–Crippen LogP) is 3.62. The summed E-state index contributed by atoms with van der Waals surface area (Å²) in [6.45, 7) is 8.85. The highest BCUT2D eigenvalue weighted by molar-refractivity contribution is 5.79. The van der Waals surface area contributed by atoms with E-state index in [1.807, 2.05) is 0 Å². The fourth-order valence-electron chi connectivity index (χ4n) is 3.97. The Bertz CT molecular complexity index is 646. The van der Waals surface area contributed by atoms with Crippen LogP contribution < -0.4 is 9.80 Å². The fourth-order valence-corrected chi connectivity index (χ4v) is 3.97. The first-order valence-electron chi connectivity index (χ1n) is 8.50. The molecule has 0 aliphatic carbocycles. The molecule has 1 saturated heterocycles. The third-order valence-corrected chi connectivity index (χ3v) is 5.26. The van der Waals surface area contributed by atoms with Gasteiger partial charge in [0.15, 0.2) is 0 Å². The van der Waals surface area contributed by atoms with Crippen LogP contribution in [0.1, 0.15) is 38.3 Å². The first-order chi connectivity index (χ1) is 10.8. The summed E-state index contributed by atoms with van der Waals surface area (Å²) in [5, 5.41) is 7.96. The van der Waals surface area contributed by atoms with E-state index in [1.54, 1.807) is 0 Å². The van der Waals surface area contributed by atoms with Gasteiger partial charge in [-0.05, 0) is 38.8 Å². The lowest BCUT2D eigenvalue weighted by atomic mass is 9.86. The van der Waals surface area contributed by atoms with E-state index < -0.39 is 0 Å². The number of rotatable bonds is 4. The van der Waals surface area contributed by atoms with Crippen LogP contribution in [0.25, 0.3) is 11.3 Å². The molecular formula is C18H24N4. The monoisotopic (exact) mass is 296 g/mol. The first kappa shape index (κ1) is 13.7. The number of aromatic nitrogens is 2. The van der Waals surface area contributed by atoms with Crippen molar-refractivity contribution in [2.24, 2.45) is 0 Å². The van der Waals surface area contributed by atoms with Gasteiger partial charge < -0.3 is 9.80 Å². The Morgan fingerprint density at radius 2 is 1.82 bits per heavy atom. The van der Waals surface area contributed by atoms with Gasteiger partial charge in [-0.25, -0.2) is 0 Å².